The predicted molar refractivity (Wildman–Crippen MR) is 168 cm³/mol. The monoisotopic (exact) mass is 599 g/mol. The maximum atomic E-state index is 11.3. The minimum atomic E-state index is -0.580. The molecule has 6 rings (SSSR count). The topological polar surface area (TPSA) is 134 Å². The van der Waals surface area contributed by atoms with Gasteiger partial charge in [0.25, 0.3) is 5.91 Å². The number of rotatable bonds is 9. The Bertz CT molecular complexity index is 1790. The van der Waals surface area contributed by atoms with Crippen LogP contribution in [0.15, 0.2) is 48.7 Å². The maximum absolute atomic E-state index is 11.3. The summed E-state index contributed by atoms with van der Waals surface area (Å²) in [6.07, 6.45) is 4.72. The number of carbonyl (C=O) groups is 1. The Morgan fingerprint density at radius 1 is 1.12 bits per heavy atom. The summed E-state index contributed by atoms with van der Waals surface area (Å²) in [5, 5.41) is 11.8. The third-order valence-corrected chi connectivity index (χ3v) is 8.47. The second-order valence-corrected chi connectivity index (χ2v) is 11.5. The highest BCUT2D eigenvalue weighted by atomic mass is 32.1. The second kappa shape index (κ2) is 12.4. The summed E-state index contributed by atoms with van der Waals surface area (Å²) < 4.78 is 8.78. The number of nitrogens with zero attached hydrogens (tertiary/aromatic N) is 7. The number of pyridine rings is 1. The lowest BCUT2D eigenvalue weighted by Gasteiger charge is -2.28. The molecule has 1 aliphatic rings. The first-order valence-electron chi connectivity index (χ1n) is 13.9. The third kappa shape index (κ3) is 6.20. The Kier molecular flexibility index (Phi) is 8.29. The van der Waals surface area contributed by atoms with E-state index < -0.39 is 5.91 Å². The number of hydrogen-bond acceptors (Lipinski definition) is 11. The SMILES string of the molecule is CNc1ccc(-c2nc(N3CCOCC3)c3sc(CN(C)Cc4nc5cc(C=CC(=O)NO)ccc5n4C)cc3n2)cn1. The molecular weight excluding hydrogens is 566 g/mol. The van der Waals surface area contributed by atoms with Gasteiger partial charge in [-0.25, -0.2) is 25.4 Å². The average Bonchev–Trinajstić information content (AvgIpc) is 3.58. The van der Waals surface area contributed by atoms with Crippen molar-refractivity contribution in [2.75, 3.05) is 50.6 Å². The molecule has 0 atom stereocenters. The van der Waals surface area contributed by atoms with E-state index in [2.05, 4.69) is 37.8 Å². The zero-order chi connectivity index (χ0) is 29.9. The molecule has 1 aromatic carbocycles. The van der Waals surface area contributed by atoms with Gasteiger partial charge in [0.1, 0.15) is 11.6 Å². The van der Waals surface area contributed by atoms with Gasteiger partial charge in [-0.05, 0) is 49.0 Å². The van der Waals surface area contributed by atoms with Gasteiger partial charge in [-0.3, -0.25) is 14.9 Å². The Morgan fingerprint density at radius 3 is 2.70 bits per heavy atom. The van der Waals surface area contributed by atoms with Gasteiger partial charge in [-0.1, -0.05) is 6.07 Å². The standard InChI is InChI=1S/C30H33N9O3S/c1-31-25-8-6-20(16-32-25)29-34-23-15-21(43-28(23)30(35-29)39-10-12-42-13-11-39)17-37(2)18-26-33-22-14-19(5-9-27(40)36-41)4-7-24(22)38(26)3/h4-9,14-16,41H,10-13,17-18H2,1-3H3,(H,31,32)(H,36,40). The molecule has 5 heterocycles. The summed E-state index contributed by atoms with van der Waals surface area (Å²) in [6, 6.07) is 11.9. The molecule has 1 aliphatic heterocycles. The second-order valence-electron chi connectivity index (χ2n) is 10.4. The molecule has 1 amide bonds. The fourth-order valence-corrected chi connectivity index (χ4v) is 6.31. The molecule has 5 aromatic rings. The maximum Gasteiger partial charge on any atom is 0.267 e. The lowest BCUT2D eigenvalue weighted by atomic mass is 10.2. The van der Waals surface area contributed by atoms with Gasteiger partial charge in [-0.2, -0.15) is 0 Å². The lowest BCUT2D eigenvalue weighted by Crippen LogP contribution is -2.36. The molecule has 3 N–H and O–H groups in total. The van der Waals surface area contributed by atoms with Crippen molar-refractivity contribution in [2.45, 2.75) is 13.1 Å². The largest absolute Gasteiger partial charge is 0.378 e. The molecule has 1 fully saturated rings. The summed E-state index contributed by atoms with van der Waals surface area (Å²) in [5.74, 6) is 2.75. The average molecular weight is 600 g/mol. The van der Waals surface area contributed by atoms with E-state index in [1.54, 1.807) is 29.1 Å². The van der Waals surface area contributed by atoms with E-state index in [1.807, 2.05) is 44.4 Å². The molecule has 0 aliphatic carbocycles. The number of benzene rings is 1. The first-order valence-corrected chi connectivity index (χ1v) is 14.8. The summed E-state index contributed by atoms with van der Waals surface area (Å²) in [6.45, 7) is 4.30. The van der Waals surface area contributed by atoms with Crippen LogP contribution in [0.4, 0.5) is 11.6 Å². The molecule has 0 radical (unpaired) electrons. The summed E-state index contributed by atoms with van der Waals surface area (Å²) in [5.41, 5.74) is 6.07. The van der Waals surface area contributed by atoms with Gasteiger partial charge < -0.3 is 19.5 Å². The third-order valence-electron chi connectivity index (χ3n) is 7.37. The summed E-state index contributed by atoms with van der Waals surface area (Å²) in [4.78, 5) is 36.4. The van der Waals surface area contributed by atoms with Gasteiger partial charge in [0.15, 0.2) is 11.6 Å². The van der Waals surface area contributed by atoms with Gasteiger partial charge in [0.2, 0.25) is 0 Å². The molecule has 12 nitrogen and oxygen atoms in total. The minimum absolute atomic E-state index is 0.580. The van der Waals surface area contributed by atoms with E-state index in [4.69, 9.17) is 24.9 Å². The number of thiophene rings is 1. The number of hydrogen-bond donors (Lipinski definition) is 3. The normalized spacial score (nSPS) is 13.9. The molecular formula is C30H33N9O3S. The Balaban J connectivity index is 1.25. The zero-order valence-corrected chi connectivity index (χ0v) is 25.1. The predicted octanol–water partition coefficient (Wildman–Crippen LogP) is 3.67. The molecule has 0 saturated carbocycles. The van der Waals surface area contributed by atoms with Gasteiger partial charge in [0, 0.05) is 56.4 Å². The van der Waals surface area contributed by atoms with Crippen LogP contribution in [-0.2, 0) is 29.7 Å². The highest BCUT2D eigenvalue weighted by molar-refractivity contribution is 7.19. The number of hydroxylamine groups is 1. The Hall–Kier alpha value is -4.43. The van der Waals surface area contributed by atoms with Crippen molar-refractivity contribution in [2.24, 2.45) is 7.05 Å². The van der Waals surface area contributed by atoms with Crippen LogP contribution < -0.4 is 15.7 Å². The highest BCUT2D eigenvalue weighted by Gasteiger charge is 2.21. The lowest BCUT2D eigenvalue weighted by molar-refractivity contribution is -0.124. The molecule has 0 spiro atoms. The van der Waals surface area contributed by atoms with Crippen LogP contribution in [0.2, 0.25) is 0 Å². The number of ether oxygens (including phenoxy) is 1. The van der Waals surface area contributed by atoms with Gasteiger partial charge in [0.05, 0.1) is 41.0 Å². The number of anilines is 2. The van der Waals surface area contributed by atoms with Crippen molar-refractivity contribution in [1.82, 2.24) is 34.9 Å². The fraction of sp³-hybridized carbons (Fsp3) is 0.300. The summed E-state index contributed by atoms with van der Waals surface area (Å²) >= 11 is 1.73. The van der Waals surface area contributed by atoms with Gasteiger partial charge >= 0.3 is 0 Å². The van der Waals surface area contributed by atoms with Crippen LogP contribution in [0.25, 0.3) is 38.7 Å². The Labute approximate surface area is 252 Å². The van der Waals surface area contributed by atoms with Gasteiger partial charge in [-0.15, -0.1) is 11.3 Å². The Morgan fingerprint density at radius 2 is 1.95 bits per heavy atom. The molecule has 13 heteroatoms. The van der Waals surface area contributed by atoms with Crippen LogP contribution in [-0.4, -0.2) is 80.9 Å². The minimum Gasteiger partial charge on any atom is -0.378 e. The smallest absolute Gasteiger partial charge is 0.267 e. The molecule has 0 bridgehead atoms. The first-order chi connectivity index (χ1) is 20.9. The molecule has 43 heavy (non-hydrogen) atoms. The zero-order valence-electron chi connectivity index (χ0n) is 24.2. The number of carbonyl (C=O) groups excluding carboxylic acids is 1. The number of nitrogens with one attached hydrogen (secondary N) is 2. The molecule has 0 unspecified atom stereocenters. The number of imidazole rings is 1. The molecule has 4 aromatic heterocycles. The molecule has 1 saturated heterocycles. The van der Waals surface area contributed by atoms with Crippen molar-refractivity contribution in [1.29, 1.82) is 0 Å². The fourth-order valence-electron chi connectivity index (χ4n) is 5.12. The van der Waals surface area contributed by atoms with E-state index in [1.165, 1.54) is 11.0 Å². The first kappa shape index (κ1) is 28.7. The summed E-state index contributed by atoms with van der Waals surface area (Å²) in [7, 11) is 5.94. The highest BCUT2D eigenvalue weighted by Crippen LogP contribution is 2.35. The van der Waals surface area contributed by atoms with Crippen LogP contribution in [0.5, 0.6) is 0 Å². The van der Waals surface area contributed by atoms with E-state index in [9.17, 15) is 4.79 Å². The number of amides is 1. The van der Waals surface area contributed by atoms with Crippen LogP contribution in [0.1, 0.15) is 16.3 Å². The number of morpholine rings is 1. The quantitative estimate of drug-likeness (QED) is 0.131. The number of fused-ring (bicyclic) bond motifs is 2. The van der Waals surface area contributed by atoms with E-state index in [0.29, 0.717) is 25.6 Å². The van der Waals surface area contributed by atoms with Crippen molar-refractivity contribution < 1.29 is 14.7 Å². The van der Waals surface area contributed by atoms with Crippen LogP contribution in [0.3, 0.4) is 0 Å². The van der Waals surface area contributed by atoms with Crippen LogP contribution >= 0.6 is 11.3 Å². The van der Waals surface area contributed by atoms with E-state index in [-0.39, 0.29) is 0 Å². The van der Waals surface area contributed by atoms with E-state index in [0.717, 1.165) is 69.5 Å². The van der Waals surface area contributed by atoms with Crippen molar-refractivity contribution in [3.8, 4) is 11.4 Å². The van der Waals surface area contributed by atoms with Crippen molar-refractivity contribution in [3.05, 3.63) is 64.9 Å². The van der Waals surface area contributed by atoms with Crippen LogP contribution in [0, 0.1) is 0 Å². The number of aromatic nitrogens is 5. The number of aryl methyl sites for hydroxylation is 1. The van der Waals surface area contributed by atoms with Crippen molar-refractivity contribution in [3.63, 3.8) is 0 Å². The van der Waals surface area contributed by atoms with E-state index >= 15 is 0 Å². The van der Waals surface area contributed by atoms with Crippen molar-refractivity contribution >= 4 is 56.2 Å². The molecule has 222 valence electrons.